The van der Waals surface area contributed by atoms with E-state index in [0.717, 1.165) is 16.7 Å². The minimum atomic E-state index is -0.551. The first-order valence-corrected chi connectivity index (χ1v) is 8.09. The van der Waals surface area contributed by atoms with Crippen LogP contribution < -0.4 is 10.5 Å². The smallest absolute Gasteiger partial charge is 0.341 e. The van der Waals surface area contributed by atoms with Gasteiger partial charge in [0.1, 0.15) is 17.1 Å². The fraction of sp³-hybridized carbons (Fsp3) is 0.211. The fourth-order valence-electron chi connectivity index (χ4n) is 2.76. The number of aromatic hydroxyl groups is 1. The number of nitrogens with two attached hydrogens (primary N) is 1. The number of aromatic nitrogens is 1. The first kappa shape index (κ1) is 16.7. The number of phenolic OH excluding ortho intramolecular Hbond substituents is 1. The number of anilines is 1. The average molecular weight is 340 g/mol. The molecule has 0 radical (unpaired) electrons. The molecular formula is C19H20N2O4. The fourth-order valence-corrected chi connectivity index (χ4v) is 2.76. The monoisotopic (exact) mass is 340 g/mol. The highest BCUT2D eigenvalue weighted by atomic mass is 16.5. The highest BCUT2D eigenvalue weighted by Crippen LogP contribution is 2.31. The SMILES string of the molecule is CCOC(=O)c1ccc(-n2cc(N)c3cc(OCC)ccc32)cc1O. The van der Waals surface area contributed by atoms with Crippen molar-refractivity contribution in [3.63, 3.8) is 0 Å². The van der Waals surface area contributed by atoms with E-state index in [2.05, 4.69) is 0 Å². The minimum Gasteiger partial charge on any atom is -0.507 e. The Morgan fingerprint density at radius 3 is 2.64 bits per heavy atom. The standard InChI is InChI=1S/C19H20N2O4/c1-3-24-13-6-8-17-15(10-13)16(20)11-21(17)12-5-7-14(18(22)9-12)19(23)25-4-2/h5-11,22H,3-4,20H2,1-2H3. The van der Waals surface area contributed by atoms with Gasteiger partial charge in [-0.3, -0.25) is 0 Å². The molecule has 130 valence electrons. The number of esters is 1. The largest absolute Gasteiger partial charge is 0.507 e. The molecule has 3 N–H and O–H groups in total. The molecule has 3 rings (SSSR count). The maximum atomic E-state index is 11.8. The lowest BCUT2D eigenvalue weighted by Crippen LogP contribution is -2.05. The number of carbonyl (C=O) groups excluding carboxylic acids is 1. The van der Waals surface area contributed by atoms with Gasteiger partial charge < -0.3 is 24.9 Å². The van der Waals surface area contributed by atoms with Crippen molar-refractivity contribution in [1.82, 2.24) is 4.57 Å². The van der Waals surface area contributed by atoms with Crippen molar-refractivity contribution in [1.29, 1.82) is 0 Å². The van der Waals surface area contributed by atoms with E-state index in [0.29, 0.717) is 18.0 Å². The van der Waals surface area contributed by atoms with Gasteiger partial charge in [0.05, 0.1) is 24.4 Å². The third kappa shape index (κ3) is 3.10. The molecule has 0 aliphatic rings. The first-order chi connectivity index (χ1) is 12.0. The molecule has 6 nitrogen and oxygen atoms in total. The number of hydrogen-bond donors (Lipinski definition) is 2. The molecule has 2 aromatic carbocycles. The maximum absolute atomic E-state index is 11.8. The molecule has 0 fully saturated rings. The minimum absolute atomic E-state index is 0.133. The predicted molar refractivity (Wildman–Crippen MR) is 96.5 cm³/mol. The van der Waals surface area contributed by atoms with E-state index in [4.69, 9.17) is 15.2 Å². The van der Waals surface area contributed by atoms with Crippen molar-refractivity contribution >= 4 is 22.6 Å². The second-order valence-electron chi connectivity index (χ2n) is 5.49. The molecule has 0 aliphatic carbocycles. The van der Waals surface area contributed by atoms with Crippen LogP contribution in [0.3, 0.4) is 0 Å². The Labute approximate surface area is 145 Å². The summed E-state index contributed by atoms with van der Waals surface area (Å²) in [4.78, 5) is 11.8. The van der Waals surface area contributed by atoms with Crippen LogP contribution >= 0.6 is 0 Å². The summed E-state index contributed by atoms with van der Waals surface area (Å²) in [6, 6.07) is 10.5. The quantitative estimate of drug-likeness (QED) is 0.694. The molecule has 0 amide bonds. The van der Waals surface area contributed by atoms with Crippen LogP contribution in [0.2, 0.25) is 0 Å². The summed E-state index contributed by atoms with van der Waals surface area (Å²) in [5.74, 6) is 0.0621. The van der Waals surface area contributed by atoms with Gasteiger partial charge >= 0.3 is 5.97 Å². The molecular weight excluding hydrogens is 320 g/mol. The van der Waals surface area contributed by atoms with Crippen LogP contribution in [0.15, 0.2) is 42.6 Å². The van der Waals surface area contributed by atoms with Gasteiger partial charge in [0.25, 0.3) is 0 Å². The molecule has 0 aliphatic heterocycles. The van der Waals surface area contributed by atoms with Crippen molar-refractivity contribution in [3.05, 3.63) is 48.2 Å². The molecule has 0 unspecified atom stereocenters. The Morgan fingerprint density at radius 2 is 1.96 bits per heavy atom. The number of benzene rings is 2. The highest BCUT2D eigenvalue weighted by molar-refractivity contribution is 5.95. The summed E-state index contributed by atoms with van der Waals surface area (Å²) in [6.45, 7) is 4.47. The number of phenols is 1. The zero-order chi connectivity index (χ0) is 18.0. The van der Waals surface area contributed by atoms with Gasteiger partial charge in [-0.1, -0.05) is 0 Å². The van der Waals surface area contributed by atoms with E-state index >= 15 is 0 Å². The summed E-state index contributed by atoms with van der Waals surface area (Å²) in [6.07, 6.45) is 1.78. The van der Waals surface area contributed by atoms with E-state index in [9.17, 15) is 9.90 Å². The summed E-state index contributed by atoms with van der Waals surface area (Å²) in [5, 5.41) is 11.0. The number of nitrogen functional groups attached to an aromatic ring is 1. The zero-order valence-electron chi connectivity index (χ0n) is 14.2. The molecule has 0 bridgehead atoms. The van der Waals surface area contributed by atoms with Gasteiger partial charge in [0.2, 0.25) is 0 Å². The number of fused-ring (bicyclic) bond motifs is 1. The van der Waals surface area contributed by atoms with Gasteiger partial charge in [-0.2, -0.15) is 0 Å². The number of ether oxygens (including phenoxy) is 2. The van der Waals surface area contributed by atoms with Crippen LogP contribution in [0.4, 0.5) is 5.69 Å². The summed E-state index contributed by atoms with van der Waals surface area (Å²) < 4.78 is 12.3. The first-order valence-electron chi connectivity index (χ1n) is 8.09. The Morgan fingerprint density at radius 1 is 1.16 bits per heavy atom. The van der Waals surface area contributed by atoms with E-state index in [1.165, 1.54) is 6.07 Å². The Bertz CT molecular complexity index is 931. The van der Waals surface area contributed by atoms with E-state index < -0.39 is 5.97 Å². The molecule has 0 spiro atoms. The summed E-state index contributed by atoms with van der Waals surface area (Å²) in [5.41, 5.74) is 8.43. The van der Waals surface area contributed by atoms with Crippen LogP contribution in [0.1, 0.15) is 24.2 Å². The third-order valence-electron chi connectivity index (χ3n) is 3.87. The van der Waals surface area contributed by atoms with Crippen LogP contribution in [-0.4, -0.2) is 28.9 Å². The van der Waals surface area contributed by atoms with Gasteiger partial charge in [0, 0.05) is 23.3 Å². The molecule has 0 saturated heterocycles. The third-order valence-corrected chi connectivity index (χ3v) is 3.87. The molecule has 0 saturated carbocycles. The molecule has 3 aromatic rings. The normalized spacial score (nSPS) is 10.8. The van der Waals surface area contributed by atoms with Crippen molar-refractivity contribution in [3.8, 4) is 17.2 Å². The van der Waals surface area contributed by atoms with E-state index in [1.807, 2.05) is 29.7 Å². The zero-order valence-corrected chi connectivity index (χ0v) is 14.2. The lowest BCUT2D eigenvalue weighted by Gasteiger charge is -2.09. The lowest BCUT2D eigenvalue weighted by molar-refractivity contribution is 0.0523. The number of carbonyl (C=O) groups is 1. The molecule has 25 heavy (non-hydrogen) atoms. The van der Waals surface area contributed by atoms with Gasteiger partial charge in [-0.05, 0) is 44.2 Å². The number of hydrogen-bond acceptors (Lipinski definition) is 5. The summed E-state index contributed by atoms with van der Waals surface area (Å²) in [7, 11) is 0. The van der Waals surface area contributed by atoms with Crippen LogP contribution in [0.5, 0.6) is 11.5 Å². The highest BCUT2D eigenvalue weighted by Gasteiger charge is 2.15. The predicted octanol–water partition coefficient (Wildman–Crippen LogP) is 3.49. The number of nitrogens with zero attached hydrogens (tertiary/aromatic N) is 1. The van der Waals surface area contributed by atoms with Gasteiger partial charge in [0.15, 0.2) is 0 Å². The van der Waals surface area contributed by atoms with Crippen molar-refractivity contribution in [2.45, 2.75) is 13.8 Å². The van der Waals surface area contributed by atoms with Crippen molar-refractivity contribution in [2.24, 2.45) is 0 Å². The second-order valence-corrected chi connectivity index (χ2v) is 5.49. The molecule has 0 atom stereocenters. The Hall–Kier alpha value is -3.15. The Kier molecular flexibility index (Phi) is 4.52. The Balaban J connectivity index is 2.05. The molecule has 6 heteroatoms. The topological polar surface area (TPSA) is 86.7 Å². The van der Waals surface area contributed by atoms with Crippen LogP contribution in [0.25, 0.3) is 16.6 Å². The van der Waals surface area contributed by atoms with E-state index in [1.54, 1.807) is 25.3 Å². The summed E-state index contributed by atoms with van der Waals surface area (Å²) >= 11 is 0. The van der Waals surface area contributed by atoms with Gasteiger partial charge in [-0.25, -0.2) is 4.79 Å². The molecule has 1 heterocycles. The lowest BCUT2D eigenvalue weighted by atomic mass is 10.1. The van der Waals surface area contributed by atoms with Crippen LogP contribution in [0, 0.1) is 0 Å². The maximum Gasteiger partial charge on any atom is 0.341 e. The number of rotatable bonds is 5. The average Bonchev–Trinajstić information content (AvgIpc) is 2.92. The van der Waals surface area contributed by atoms with Gasteiger partial charge in [-0.15, -0.1) is 0 Å². The molecule has 1 aromatic heterocycles. The second kappa shape index (κ2) is 6.76. The van der Waals surface area contributed by atoms with Crippen molar-refractivity contribution in [2.75, 3.05) is 18.9 Å². The van der Waals surface area contributed by atoms with Crippen LogP contribution in [-0.2, 0) is 4.74 Å². The van der Waals surface area contributed by atoms with E-state index in [-0.39, 0.29) is 17.9 Å². The van der Waals surface area contributed by atoms with Crippen molar-refractivity contribution < 1.29 is 19.4 Å².